The van der Waals surface area contributed by atoms with Gasteiger partial charge in [0, 0.05) is 5.02 Å². The van der Waals surface area contributed by atoms with Crippen LogP contribution in [-0.4, -0.2) is 14.5 Å². The fourth-order valence-corrected chi connectivity index (χ4v) is 2.43. The van der Waals surface area contributed by atoms with Crippen molar-refractivity contribution in [2.45, 2.75) is 6.54 Å². The topological polar surface area (TPSA) is 47.8 Å². The van der Waals surface area contributed by atoms with Crippen molar-refractivity contribution in [3.63, 3.8) is 0 Å². The van der Waals surface area contributed by atoms with E-state index >= 15 is 0 Å². The predicted octanol–water partition coefficient (Wildman–Crippen LogP) is 2.55. The monoisotopic (exact) mass is 277 g/mol. The number of thiazole rings is 1. The van der Waals surface area contributed by atoms with Crippen molar-refractivity contribution in [2.75, 3.05) is 0 Å². The van der Waals surface area contributed by atoms with Crippen LogP contribution in [0.2, 0.25) is 5.02 Å². The molecule has 3 aromatic rings. The lowest BCUT2D eigenvalue weighted by Gasteiger charge is -2.04. The van der Waals surface area contributed by atoms with E-state index in [1.54, 1.807) is 28.5 Å². The molecule has 0 atom stereocenters. The molecule has 0 radical (unpaired) electrons. The Morgan fingerprint density at radius 2 is 2.00 bits per heavy atom. The van der Waals surface area contributed by atoms with E-state index in [0.717, 1.165) is 5.56 Å². The van der Waals surface area contributed by atoms with Gasteiger partial charge in [0.1, 0.15) is 0 Å². The number of benzene rings is 1. The van der Waals surface area contributed by atoms with E-state index in [9.17, 15) is 4.79 Å². The van der Waals surface area contributed by atoms with Crippen molar-refractivity contribution in [3.8, 4) is 0 Å². The summed E-state index contributed by atoms with van der Waals surface area (Å²) in [6.45, 7) is 0.469. The van der Waals surface area contributed by atoms with Crippen LogP contribution in [0.1, 0.15) is 5.56 Å². The Balaban J connectivity index is 2.02. The van der Waals surface area contributed by atoms with Gasteiger partial charge >= 0.3 is 0 Å². The zero-order valence-electron chi connectivity index (χ0n) is 9.21. The summed E-state index contributed by atoms with van der Waals surface area (Å²) >= 11 is 7.19. The zero-order valence-corrected chi connectivity index (χ0v) is 10.8. The normalized spacial score (nSPS) is 10.9. The van der Waals surface area contributed by atoms with Gasteiger partial charge in [-0.1, -0.05) is 23.7 Å². The van der Waals surface area contributed by atoms with E-state index in [0.29, 0.717) is 21.9 Å². The highest BCUT2D eigenvalue weighted by molar-refractivity contribution is 7.16. The quantitative estimate of drug-likeness (QED) is 0.723. The molecule has 18 heavy (non-hydrogen) atoms. The Kier molecular flexibility index (Phi) is 2.85. The van der Waals surface area contributed by atoms with Crippen LogP contribution in [-0.2, 0) is 6.54 Å². The molecule has 0 aliphatic carbocycles. The first-order valence-electron chi connectivity index (χ1n) is 5.27. The number of fused-ring (bicyclic) bond motifs is 1. The van der Waals surface area contributed by atoms with Crippen molar-refractivity contribution in [2.24, 2.45) is 0 Å². The van der Waals surface area contributed by atoms with E-state index in [1.165, 1.54) is 11.3 Å². The average molecular weight is 278 g/mol. The maximum absolute atomic E-state index is 12.1. The third-order valence-electron chi connectivity index (χ3n) is 2.59. The minimum atomic E-state index is -0.115. The van der Waals surface area contributed by atoms with Crippen LogP contribution >= 0.6 is 22.9 Å². The molecule has 0 aliphatic heterocycles. The second-order valence-electron chi connectivity index (χ2n) is 3.81. The van der Waals surface area contributed by atoms with Gasteiger partial charge in [-0.3, -0.25) is 9.36 Å². The van der Waals surface area contributed by atoms with Crippen molar-refractivity contribution in [1.29, 1.82) is 0 Å². The average Bonchev–Trinajstić information content (AvgIpc) is 2.84. The molecule has 0 spiro atoms. The number of halogens is 1. The van der Waals surface area contributed by atoms with Gasteiger partial charge in [0.15, 0.2) is 10.3 Å². The first-order valence-corrected chi connectivity index (χ1v) is 6.53. The number of rotatable bonds is 2. The van der Waals surface area contributed by atoms with Crippen LogP contribution in [0.5, 0.6) is 0 Å². The van der Waals surface area contributed by atoms with Crippen LogP contribution in [0.25, 0.3) is 10.3 Å². The van der Waals surface area contributed by atoms with Gasteiger partial charge in [-0.15, -0.1) is 11.3 Å². The molecular weight excluding hydrogens is 270 g/mol. The molecule has 3 rings (SSSR count). The van der Waals surface area contributed by atoms with Crippen molar-refractivity contribution < 1.29 is 0 Å². The standard InChI is InChI=1S/C12H8ClN3OS/c13-9-3-1-8(2-4-9)5-16-6-14-11-10(12(16)17)15-7-18-11/h1-4,6-7H,5H2. The molecule has 6 heteroatoms. The van der Waals surface area contributed by atoms with Crippen LogP contribution in [0.15, 0.2) is 40.9 Å². The maximum atomic E-state index is 12.1. The van der Waals surface area contributed by atoms with Gasteiger partial charge < -0.3 is 0 Å². The zero-order chi connectivity index (χ0) is 12.5. The van der Waals surface area contributed by atoms with Crippen LogP contribution in [0, 0.1) is 0 Å². The fourth-order valence-electron chi connectivity index (χ4n) is 1.69. The molecule has 4 nitrogen and oxygen atoms in total. The van der Waals surface area contributed by atoms with E-state index < -0.39 is 0 Å². The number of hydrogen-bond acceptors (Lipinski definition) is 4. The van der Waals surface area contributed by atoms with Crippen molar-refractivity contribution in [3.05, 3.63) is 57.0 Å². The van der Waals surface area contributed by atoms with Gasteiger partial charge in [-0.25, -0.2) is 9.97 Å². The summed E-state index contributed by atoms with van der Waals surface area (Å²) in [5, 5.41) is 0.680. The molecule has 90 valence electrons. The Hall–Kier alpha value is -1.72. The third kappa shape index (κ3) is 2.02. The molecule has 0 fully saturated rings. The predicted molar refractivity (Wildman–Crippen MR) is 72.2 cm³/mol. The van der Waals surface area contributed by atoms with Crippen LogP contribution in [0.4, 0.5) is 0 Å². The minimum Gasteiger partial charge on any atom is -0.293 e. The molecule has 0 bridgehead atoms. The summed E-state index contributed by atoms with van der Waals surface area (Å²) in [6, 6.07) is 7.38. The molecule has 0 amide bonds. The molecule has 2 aromatic heterocycles. The molecule has 2 heterocycles. The number of aromatic nitrogens is 3. The molecule has 0 aliphatic rings. The van der Waals surface area contributed by atoms with E-state index in [2.05, 4.69) is 9.97 Å². The SMILES string of the molecule is O=c1c2ncsc2ncn1Cc1ccc(Cl)cc1. The van der Waals surface area contributed by atoms with Crippen molar-refractivity contribution >= 4 is 33.3 Å². The fraction of sp³-hybridized carbons (Fsp3) is 0.0833. The van der Waals surface area contributed by atoms with E-state index in [-0.39, 0.29) is 5.56 Å². The summed E-state index contributed by atoms with van der Waals surface area (Å²) in [5.74, 6) is 0. The highest BCUT2D eigenvalue weighted by Gasteiger charge is 2.06. The summed E-state index contributed by atoms with van der Waals surface area (Å²) in [7, 11) is 0. The Morgan fingerprint density at radius 1 is 1.22 bits per heavy atom. The van der Waals surface area contributed by atoms with E-state index in [4.69, 9.17) is 11.6 Å². The lowest BCUT2D eigenvalue weighted by molar-refractivity contribution is 0.747. The van der Waals surface area contributed by atoms with Crippen molar-refractivity contribution in [1.82, 2.24) is 14.5 Å². The highest BCUT2D eigenvalue weighted by Crippen LogP contribution is 2.12. The first-order chi connectivity index (χ1) is 8.74. The molecular formula is C12H8ClN3OS. The van der Waals surface area contributed by atoms with E-state index in [1.807, 2.05) is 12.1 Å². The van der Waals surface area contributed by atoms with Crippen LogP contribution < -0.4 is 5.56 Å². The van der Waals surface area contributed by atoms with Gasteiger partial charge in [0.05, 0.1) is 18.4 Å². The second-order valence-corrected chi connectivity index (χ2v) is 5.08. The smallest absolute Gasteiger partial charge is 0.281 e. The molecule has 0 saturated heterocycles. The highest BCUT2D eigenvalue weighted by atomic mass is 35.5. The van der Waals surface area contributed by atoms with Crippen LogP contribution in [0.3, 0.4) is 0 Å². The van der Waals surface area contributed by atoms with Gasteiger partial charge in [-0.05, 0) is 17.7 Å². The lowest BCUT2D eigenvalue weighted by atomic mass is 10.2. The second kappa shape index (κ2) is 4.51. The minimum absolute atomic E-state index is 0.115. The largest absolute Gasteiger partial charge is 0.293 e. The van der Waals surface area contributed by atoms with Gasteiger partial charge in [0.25, 0.3) is 5.56 Å². The van der Waals surface area contributed by atoms with Gasteiger partial charge in [-0.2, -0.15) is 0 Å². The summed E-state index contributed by atoms with van der Waals surface area (Å²) in [5.41, 5.74) is 2.94. The molecule has 0 saturated carbocycles. The number of nitrogens with zero attached hydrogens (tertiary/aromatic N) is 3. The van der Waals surface area contributed by atoms with Gasteiger partial charge in [0.2, 0.25) is 0 Å². The molecule has 0 N–H and O–H groups in total. The number of hydrogen-bond donors (Lipinski definition) is 0. The lowest BCUT2D eigenvalue weighted by Crippen LogP contribution is -2.21. The first kappa shape index (κ1) is 11.4. The Morgan fingerprint density at radius 3 is 2.78 bits per heavy atom. The summed E-state index contributed by atoms with van der Waals surface area (Å²) in [6.07, 6.45) is 1.55. The molecule has 0 unspecified atom stereocenters. The molecule has 1 aromatic carbocycles. The Bertz CT molecular complexity index is 748. The Labute approximate surface area is 112 Å². The summed E-state index contributed by atoms with van der Waals surface area (Å²) in [4.78, 5) is 21.0. The summed E-state index contributed by atoms with van der Waals surface area (Å²) < 4.78 is 1.55. The maximum Gasteiger partial charge on any atom is 0.281 e. The third-order valence-corrected chi connectivity index (χ3v) is 3.58.